The molecule has 0 amide bonds. The molecule has 4 saturated heterocycles. The van der Waals surface area contributed by atoms with Gasteiger partial charge in [-0.3, -0.25) is 14.6 Å². The van der Waals surface area contributed by atoms with Gasteiger partial charge in [0.2, 0.25) is 18.1 Å². The molecule has 4 aliphatic heterocycles. The molecule has 2 aromatic carbocycles. The number of nitrogens with one attached hydrogen (secondary N) is 2. The Hall–Kier alpha value is -0.657. The number of aromatic nitrogens is 3. The Morgan fingerprint density at radius 1 is 0.908 bits per heavy atom. The normalized spacial score (nSPS) is 21.9. The number of piperidine rings is 2. The first-order valence-corrected chi connectivity index (χ1v) is 21.7. The van der Waals surface area contributed by atoms with Gasteiger partial charge < -0.3 is 47.2 Å². The maximum absolute atomic E-state index is 10.6. The van der Waals surface area contributed by atoms with Gasteiger partial charge in [0.1, 0.15) is 0 Å². The Morgan fingerprint density at radius 2 is 1.31 bits per heavy atom. The first-order valence-electron chi connectivity index (χ1n) is 20.9. The molecule has 5 heterocycles. The number of aromatic amines is 1. The van der Waals surface area contributed by atoms with Gasteiger partial charge in [-0.1, -0.05) is 54.9 Å². The van der Waals surface area contributed by atoms with Crippen molar-refractivity contribution in [2.75, 3.05) is 63.1 Å². The number of carbonyl (C=O) groups excluding carboxylic acids is 1. The number of halogens is 2. The van der Waals surface area contributed by atoms with Gasteiger partial charge in [0.15, 0.2) is 0 Å². The smallest absolute Gasteiger partial charge is 1.00 e. The Labute approximate surface area is 481 Å². The van der Waals surface area contributed by atoms with E-state index in [9.17, 15) is 10.2 Å². The molecular formula is C44H68Cl2K2N10O7. The van der Waals surface area contributed by atoms with Crippen molar-refractivity contribution in [1.82, 2.24) is 30.3 Å². The predicted molar refractivity (Wildman–Crippen MR) is 245 cm³/mol. The number of nitrogens with two attached hydrogens (primary N) is 1. The molecule has 3 aromatic rings. The minimum absolute atomic E-state index is 0. The van der Waals surface area contributed by atoms with Crippen molar-refractivity contribution >= 4 is 48.3 Å². The summed E-state index contributed by atoms with van der Waals surface area (Å²) in [6.45, 7) is 16.7. The number of benzene rings is 2. The van der Waals surface area contributed by atoms with Gasteiger partial charge >= 0.3 is 103 Å². The van der Waals surface area contributed by atoms with E-state index in [1.807, 2.05) is 52.0 Å². The molecule has 0 spiro atoms. The molecule has 0 aliphatic carbocycles. The summed E-state index contributed by atoms with van der Waals surface area (Å²) in [7, 11) is 0. The second-order valence-corrected chi connectivity index (χ2v) is 17.9. The summed E-state index contributed by atoms with van der Waals surface area (Å²) in [5.41, 5.74) is 6.52. The molecule has 4 atom stereocenters. The van der Waals surface area contributed by atoms with Crippen molar-refractivity contribution in [1.29, 1.82) is 5.26 Å². The van der Waals surface area contributed by atoms with E-state index in [0.29, 0.717) is 43.2 Å². The van der Waals surface area contributed by atoms with Crippen molar-refractivity contribution in [3.63, 3.8) is 0 Å². The second kappa shape index (κ2) is 31.5. The van der Waals surface area contributed by atoms with E-state index in [0.717, 1.165) is 87.8 Å². The number of nitrogens with zero attached hydrogens (tertiary/aromatic N) is 7. The van der Waals surface area contributed by atoms with Crippen LogP contribution in [0.5, 0.6) is 0 Å². The van der Waals surface area contributed by atoms with E-state index in [-0.39, 0.29) is 136 Å². The second-order valence-electron chi connectivity index (χ2n) is 17.0. The molecular weight excluding hydrogens is 930 g/mol. The molecule has 7 rings (SSSR count). The van der Waals surface area contributed by atoms with E-state index in [1.54, 1.807) is 0 Å². The minimum atomic E-state index is -0.874. The molecule has 17 nitrogen and oxygen atoms in total. The van der Waals surface area contributed by atoms with Crippen LogP contribution in [0.3, 0.4) is 0 Å². The van der Waals surface area contributed by atoms with Crippen LogP contribution in [0.1, 0.15) is 73.4 Å². The van der Waals surface area contributed by atoms with Crippen LogP contribution in [0, 0.1) is 11.5 Å². The number of carbonyl (C=O) groups is 1. The van der Waals surface area contributed by atoms with Crippen LogP contribution in [0.25, 0.3) is 0 Å². The van der Waals surface area contributed by atoms with Crippen molar-refractivity contribution in [3.05, 3.63) is 69.7 Å². The van der Waals surface area contributed by atoms with Crippen LogP contribution in [0.4, 0.5) is 11.9 Å². The molecule has 4 fully saturated rings. The van der Waals surface area contributed by atoms with Crippen molar-refractivity contribution in [3.8, 4) is 6.19 Å². The average Bonchev–Trinajstić information content (AvgIpc) is 3.71. The number of nitrogen functional groups attached to an aromatic ring is 1. The van der Waals surface area contributed by atoms with E-state index in [2.05, 4.69) is 76.1 Å². The third-order valence-corrected chi connectivity index (χ3v) is 12.1. The fraction of sp³-hybridized carbons (Fsp3) is 0.614. The third-order valence-electron chi connectivity index (χ3n) is 11.6. The van der Waals surface area contributed by atoms with Crippen LogP contribution in [-0.2, 0) is 32.0 Å². The maximum Gasteiger partial charge on any atom is 1.00 e. The number of ether oxygens (including phenoxy) is 2. The number of hydrogen-bond donors (Lipinski definition) is 5. The van der Waals surface area contributed by atoms with Gasteiger partial charge in [0.25, 0.3) is 6.47 Å². The third kappa shape index (κ3) is 21.1. The molecule has 0 saturated carbocycles. The van der Waals surface area contributed by atoms with Crippen molar-refractivity contribution < 1.29 is 139 Å². The number of anilines is 2. The maximum atomic E-state index is 10.6. The summed E-state index contributed by atoms with van der Waals surface area (Å²) in [5, 5.41) is 48.6. The van der Waals surface area contributed by atoms with Crippen molar-refractivity contribution in [2.45, 2.75) is 121 Å². The molecule has 2 unspecified atom stereocenters. The molecule has 4 aliphatic rings. The Bertz CT molecular complexity index is 1830. The molecule has 6 N–H and O–H groups in total. The SMILES string of the molecule is C.C=NC#N.CC(C)(O)[C@H]1CN(C2CCN(c3n[nH]c(N)n3)CC2)C(Cc2ccc(Cl)cc2)CO1.CC(C)(O)[C@H]1CN(C2CCNCC2)C(Cc2ccc(Cl)cc2)CO1.O=CO[O-].[H-].[K+].[K+]. The quantitative estimate of drug-likeness (QED) is 0.0367. The standard InChI is InChI=1S/C21H31ClN6O2.C19H29ClN2O2.C2H2N2.CH2O3.CH4.2K.H/c1-21(2,29)18-12-28(17(13-30-18)11-14-3-5-15(22)6-4-14)16-7-9-27(10-8-16)20-24-19(23)25-26-20;1-19(2,23)18-12-22(16-7-9-21-10-8-16)17(13-24-18)11-14-3-5-15(20)6-4-14;1-4-2-3;2-1-4-3;;;;/h3-6,16-18,29H,7-13H2,1-2H3,(H3,23,24,25,26);3-6,16-18,21,23H,7-13H2,1-2H3;1H2;1,3H;1H4;;;/q;;;;;2*+1;-1/p-1/t2*17?,18-;;;;;;/m11....../s1. The first kappa shape index (κ1) is 62.4. The molecule has 65 heavy (non-hydrogen) atoms. The molecule has 0 radical (unpaired) electrons. The fourth-order valence-corrected chi connectivity index (χ4v) is 8.51. The Balaban J connectivity index is 0.00000106. The van der Waals surface area contributed by atoms with Gasteiger partial charge in [0, 0.05) is 67.1 Å². The molecule has 21 heteroatoms. The zero-order chi connectivity index (χ0) is 45.3. The van der Waals surface area contributed by atoms with Gasteiger partial charge in [-0.15, -0.1) is 5.10 Å². The van der Waals surface area contributed by atoms with Crippen LogP contribution in [0.2, 0.25) is 10.0 Å². The first-order chi connectivity index (χ1) is 29.6. The van der Waals surface area contributed by atoms with Gasteiger partial charge in [0.05, 0.1) is 36.6 Å². The Morgan fingerprint density at radius 3 is 1.65 bits per heavy atom. The summed E-state index contributed by atoms with van der Waals surface area (Å²) in [6.07, 6.45) is 7.30. The molecule has 1 aromatic heterocycles. The van der Waals surface area contributed by atoms with Gasteiger partial charge in [-0.2, -0.15) is 15.2 Å². The summed E-state index contributed by atoms with van der Waals surface area (Å²) < 4.78 is 12.1. The summed E-state index contributed by atoms with van der Waals surface area (Å²) in [6, 6.07) is 17.8. The molecule has 0 bridgehead atoms. The number of H-pyrrole nitrogens is 1. The van der Waals surface area contributed by atoms with Crippen molar-refractivity contribution in [2.24, 2.45) is 4.99 Å². The summed E-state index contributed by atoms with van der Waals surface area (Å²) >= 11 is 12.1. The van der Waals surface area contributed by atoms with Crippen LogP contribution >= 0.6 is 23.2 Å². The number of nitriles is 1. The summed E-state index contributed by atoms with van der Waals surface area (Å²) in [4.78, 5) is 25.6. The number of morpholine rings is 2. The minimum Gasteiger partial charge on any atom is -1.00 e. The zero-order valence-corrected chi connectivity index (χ0v) is 45.9. The van der Waals surface area contributed by atoms with Crippen LogP contribution < -0.4 is 124 Å². The zero-order valence-electron chi connectivity index (χ0n) is 39.2. The topological polar surface area (TPSA) is 234 Å². The number of hydrogen-bond acceptors (Lipinski definition) is 16. The van der Waals surface area contributed by atoms with Gasteiger partial charge in [-0.05, 0) is 115 Å². The summed E-state index contributed by atoms with van der Waals surface area (Å²) in [5.74, 6) is 1.01. The Kier molecular flexibility index (Phi) is 30.3. The van der Waals surface area contributed by atoms with Crippen LogP contribution in [0.15, 0.2) is 53.5 Å². The predicted octanol–water partition coefficient (Wildman–Crippen LogP) is -2.07. The number of aliphatic hydroxyl groups is 2. The number of aliphatic imine (C=N–C) groups is 1. The average molecular weight is 998 g/mol. The monoisotopic (exact) mass is 996 g/mol. The van der Waals surface area contributed by atoms with E-state index in [1.165, 1.54) is 17.3 Å². The van der Waals surface area contributed by atoms with E-state index >= 15 is 0 Å². The largest absolute Gasteiger partial charge is 1.00 e. The fourth-order valence-electron chi connectivity index (χ4n) is 8.26. The van der Waals surface area contributed by atoms with E-state index in [4.69, 9.17) is 53.7 Å². The van der Waals surface area contributed by atoms with Crippen LogP contribution in [-0.4, -0.2) is 148 Å². The molecule has 352 valence electrons. The van der Waals surface area contributed by atoms with Gasteiger partial charge in [-0.25, -0.2) is 5.10 Å². The number of rotatable bonds is 10. The van der Waals surface area contributed by atoms with E-state index < -0.39 is 11.2 Å².